The van der Waals surface area contributed by atoms with Crippen molar-refractivity contribution in [2.45, 2.75) is 32.2 Å². The molecule has 0 aromatic rings. The van der Waals surface area contributed by atoms with Crippen molar-refractivity contribution in [2.24, 2.45) is 5.92 Å². The number of amides is 1. The average molecular weight is 265 g/mol. The van der Waals surface area contributed by atoms with Gasteiger partial charge in [-0.3, -0.25) is 4.18 Å². The molecule has 1 fully saturated rings. The van der Waals surface area contributed by atoms with E-state index >= 15 is 0 Å². The van der Waals surface area contributed by atoms with Gasteiger partial charge in [-0.1, -0.05) is 0 Å². The summed E-state index contributed by atoms with van der Waals surface area (Å²) in [6.07, 6.45) is 1.37. The summed E-state index contributed by atoms with van der Waals surface area (Å²) in [7, 11) is -3.41. The van der Waals surface area contributed by atoms with Gasteiger partial charge in [0.05, 0.1) is 12.9 Å². The number of carbonyl (C=O) groups is 1. The maximum Gasteiger partial charge on any atom is 0.407 e. The van der Waals surface area contributed by atoms with Gasteiger partial charge in [-0.25, -0.2) is 4.79 Å². The van der Waals surface area contributed by atoms with Crippen LogP contribution in [0.3, 0.4) is 0 Å². The predicted molar refractivity (Wildman–Crippen MR) is 62.3 cm³/mol. The minimum atomic E-state index is -3.41. The summed E-state index contributed by atoms with van der Waals surface area (Å²) in [6.45, 7) is 4.32. The highest BCUT2D eigenvalue weighted by Crippen LogP contribution is 2.36. The number of rotatable bonds is 4. The molecule has 1 atom stereocenters. The van der Waals surface area contributed by atoms with Crippen LogP contribution in [-0.2, 0) is 14.3 Å². The number of carboxylic acid groups (broad SMARTS) is 1. The molecule has 0 bridgehead atoms. The lowest BCUT2D eigenvalue weighted by molar-refractivity contribution is 0.0979. The van der Waals surface area contributed by atoms with Crippen LogP contribution in [-0.4, -0.2) is 49.5 Å². The van der Waals surface area contributed by atoms with Crippen LogP contribution in [0, 0.1) is 5.92 Å². The molecule has 1 aliphatic rings. The zero-order valence-electron chi connectivity index (χ0n) is 10.3. The standard InChI is InChI=1S/C10H19NO5S/c1-10(2)8(4-6-11(10)9(12)13)5-7-16-17(3,14)15/h8H,4-7H2,1-3H3,(H,12,13). The van der Waals surface area contributed by atoms with Crippen LogP contribution < -0.4 is 0 Å². The molecule has 7 heteroatoms. The summed E-state index contributed by atoms with van der Waals surface area (Å²) >= 11 is 0. The van der Waals surface area contributed by atoms with Crippen molar-refractivity contribution in [3.05, 3.63) is 0 Å². The monoisotopic (exact) mass is 265 g/mol. The molecule has 0 spiro atoms. The molecule has 1 heterocycles. The number of nitrogens with zero attached hydrogens (tertiary/aromatic N) is 1. The second kappa shape index (κ2) is 4.81. The Hall–Kier alpha value is -0.820. The lowest BCUT2D eigenvalue weighted by Gasteiger charge is -2.34. The molecule has 0 saturated carbocycles. The largest absolute Gasteiger partial charge is 0.465 e. The van der Waals surface area contributed by atoms with Crippen molar-refractivity contribution in [3.63, 3.8) is 0 Å². The normalized spacial score (nSPS) is 23.9. The van der Waals surface area contributed by atoms with E-state index in [9.17, 15) is 13.2 Å². The molecule has 6 nitrogen and oxygen atoms in total. The smallest absolute Gasteiger partial charge is 0.407 e. The summed E-state index contributed by atoms with van der Waals surface area (Å²) < 4.78 is 26.3. The van der Waals surface area contributed by atoms with Crippen molar-refractivity contribution in [1.29, 1.82) is 0 Å². The zero-order valence-corrected chi connectivity index (χ0v) is 11.2. The first kappa shape index (κ1) is 14.2. The van der Waals surface area contributed by atoms with E-state index in [1.807, 2.05) is 13.8 Å². The van der Waals surface area contributed by atoms with Gasteiger partial charge in [0.25, 0.3) is 10.1 Å². The first-order valence-corrected chi connectivity index (χ1v) is 7.31. The second-order valence-electron chi connectivity index (χ2n) is 4.89. The lowest BCUT2D eigenvalue weighted by atomic mass is 9.86. The predicted octanol–water partition coefficient (Wildman–Crippen LogP) is 1.13. The molecule has 0 radical (unpaired) electrons. The van der Waals surface area contributed by atoms with E-state index in [2.05, 4.69) is 4.18 Å². The fraction of sp³-hybridized carbons (Fsp3) is 0.900. The molecule has 0 aromatic heterocycles. The van der Waals surface area contributed by atoms with Crippen molar-refractivity contribution >= 4 is 16.2 Å². The molecule has 1 aliphatic heterocycles. The minimum absolute atomic E-state index is 0.111. The third-order valence-electron chi connectivity index (χ3n) is 3.39. The highest BCUT2D eigenvalue weighted by atomic mass is 32.2. The molecule has 17 heavy (non-hydrogen) atoms. The Morgan fingerprint density at radius 1 is 1.53 bits per heavy atom. The minimum Gasteiger partial charge on any atom is -0.465 e. The SMILES string of the molecule is CC1(C)C(CCOS(C)(=O)=O)CCN1C(=O)O. The summed E-state index contributed by atoms with van der Waals surface area (Å²) in [5.41, 5.74) is -0.466. The Balaban J connectivity index is 2.54. The van der Waals surface area contributed by atoms with Crippen LogP contribution in [0.25, 0.3) is 0 Å². The maximum atomic E-state index is 11.0. The summed E-state index contributed by atoms with van der Waals surface area (Å²) in [5, 5.41) is 9.02. The topological polar surface area (TPSA) is 83.9 Å². The molecule has 0 aromatic carbocycles. The fourth-order valence-corrected chi connectivity index (χ4v) is 2.73. The van der Waals surface area contributed by atoms with Crippen LogP contribution in [0.4, 0.5) is 4.79 Å². The Kier molecular flexibility index (Phi) is 4.03. The number of hydrogen-bond donors (Lipinski definition) is 1. The van der Waals surface area contributed by atoms with Gasteiger partial charge in [-0.15, -0.1) is 0 Å². The number of likely N-dealkylation sites (tertiary alicyclic amines) is 1. The van der Waals surface area contributed by atoms with Crippen LogP contribution in [0.5, 0.6) is 0 Å². The fourth-order valence-electron chi connectivity index (χ4n) is 2.33. The Morgan fingerprint density at radius 2 is 2.12 bits per heavy atom. The van der Waals surface area contributed by atoms with Crippen LogP contribution in [0.2, 0.25) is 0 Å². The number of hydrogen-bond acceptors (Lipinski definition) is 4. The van der Waals surface area contributed by atoms with E-state index in [-0.39, 0.29) is 12.5 Å². The van der Waals surface area contributed by atoms with E-state index in [4.69, 9.17) is 5.11 Å². The quantitative estimate of drug-likeness (QED) is 0.770. The molecule has 0 aliphatic carbocycles. The van der Waals surface area contributed by atoms with Crippen molar-refractivity contribution in [1.82, 2.24) is 4.90 Å². The van der Waals surface area contributed by atoms with Crippen molar-refractivity contribution < 1.29 is 22.5 Å². The highest BCUT2D eigenvalue weighted by Gasteiger charge is 2.43. The van der Waals surface area contributed by atoms with E-state index in [1.165, 1.54) is 4.90 Å². The van der Waals surface area contributed by atoms with E-state index in [0.29, 0.717) is 13.0 Å². The van der Waals surface area contributed by atoms with Gasteiger partial charge in [0.2, 0.25) is 0 Å². The Labute approximate surface area is 102 Å². The Bertz CT molecular complexity index is 390. The molecular weight excluding hydrogens is 246 g/mol. The van der Waals surface area contributed by atoms with Crippen molar-refractivity contribution in [2.75, 3.05) is 19.4 Å². The van der Waals surface area contributed by atoms with Gasteiger partial charge in [0, 0.05) is 12.1 Å². The summed E-state index contributed by atoms with van der Waals surface area (Å²) in [5.74, 6) is 0.125. The second-order valence-corrected chi connectivity index (χ2v) is 6.53. The first-order chi connectivity index (χ1) is 7.64. The summed E-state index contributed by atoms with van der Waals surface area (Å²) in [6, 6.07) is 0. The molecule has 100 valence electrons. The third-order valence-corrected chi connectivity index (χ3v) is 3.99. The average Bonchev–Trinajstić information content (AvgIpc) is 2.39. The van der Waals surface area contributed by atoms with E-state index in [0.717, 1.165) is 12.7 Å². The van der Waals surface area contributed by atoms with Gasteiger partial charge >= 0.3 is 6.09 Å². The van der Waals surface area contributed by atoms with Crippen LogP contribution in [0.1, 0.15) is 26.7 Å². The van der Waals surface area contributed by atoms with Gasteiger partial charge in [0.1, 0.15) is 0 Å². The first-order valence-electron chi connectivity index (χ1n) is 5.49. The van der Waals surface area contributed by atoms with Crippen molar-refractivity contribution in [3.8, 4) is 0 Å². The third kappa shape index (κ3) is 3.57. The lowest BCUT2D eigenvalue weighted by Crippen LogP contribution is -2.45. The zero-order chi connectivity index (χ0) is 13.3. The Morgan fingerprint density at radius 3 is 2.53 bits per heavy atom. The highest BCUT2D eigenvalue weighted by molar-refractivity contribution is 7.85. The maximum absolute atomic E-state index is 11.0. The molecule has 1 N–H and O–H groups in total. The molecule has 1 rings (SSSR count). The van der Waals surface area contributed by atoms with Gasteiger partial charge in [-0.2, -0.15) is 8.42 Å². The van der Waals surface area contributed by atoms with E-state index < -0.39 is 21.8 Å². The van der Waals surface area contributed by atoms with Gasteiger partial charge in [0.15, 0.2) is 0 Å². The van der Waals surface area contributed by atoms with Gasteiger partial charge < -0.3 is 10.0 Å². The molecule has 1 saturated heterocycles. The molecule has 1 amide bonds. The molecule has 1 unspecified atom stereocenters. The molecular formula is C10H19NO5S. The van der Waals surface area contributed by atoms with Crippen LogP contribution in [0.15, 0.2) is 0 Å². The van der Waals surface area contributed by atoms with E-state index in [1.54, 1.807) is 0 Å². The summed E-state index contributed by atoms with van der Waals surface area (Å²) in [4.78, 5) is 12.4. The van der Waals surface area contributed by atoms with Gasteiger partial charge in [-0.05, 0) is 32.6 Å². The van der Waals surface area contributed by atoms with Crippen LogP contribution >= 0.6 is 0 Å².